The average molecular weight is 149 g/mol. The van der Waals surface area contributed by atoms with E-state index >= 15 is 0 Å². The fourth-order valence-corrected chi connectivity index (χ4v) is 1.52. The molecule has 60 valence electrons. The van der Waals surface area contributed by atoms with Crippen molar-refractivity contribution in [2.75, 3.05) is 7.05 Å². The molecule has 1 heteroatoms. The van der Waals surface area contributed by atoms with Gasteiger partial charge in [0.2, 0.25) is 0 Å². The third-order valence-electron chi connectivity index (χ3n) is 2.41. The van der Waals surface area contributed by atoms with Crippen LogP contribution in [0.3, 0.4) is 0 Å². The maximum Gasteiger partial charge on any atom is 0.0585 e. The number of hydrogen-bond acceptors (Lipinski definition) is 1. The Morgan fingerprint density at radius 1 is 1.55 bits per heavy atom. The molecule has 1 nitrogen and oxygen atoms in total. The molecule has 0 amide bonds. The third-order valence-corrected chi connectivity index (χ3v) is 2.41. The van der Waals surface area contributed by atoms with Gasteiger partial charge in [0.05, 0.1) is 6.04 Å². The maximum atomic E-state index is 3.82. The smallest absolute Gasteiger partial charge is 0.0585 e. The zero-order valence-corrected chi connectivity index (χ0v) is 7.25. The van der Waals surface area contributed by atoms with Crippen LogP contribution in [0.1, 0.15) is 6.92 Å². The normalized spacial score (nSPS) is 35.8. The summed E-state index contributed by atoms with van der Waals surface area (Å²) in [7, 11) is 2.05. The van der Waals surface area contributed by atoms with Crippen molar-refractivity contribution >= 4 is 0 Å². The lowest BCUT2D eigenvalue weighted by atomic mass is 9.84. The standard InChI is InChI=1S/C10H15N/c1-5-9-10(3,6-2)7-8-11(9)4/h5-9H,1-2H2,3-4H3. The molecule has 1 aliphatic rings. The van der Waals surface area contributed by atoms with Gasteiger partial charge in [-0.3, -0.25) is 0 Å². The van der Waals surface area contributed by atoms with E-state index in [1.165, 1.54) is 0 Å². The van der Waals surface area contributed by atoms with Gasteiger partial charge in [0, 0.05) is 12.5 Å². The van der Waals surface area contributed by atoms with Gasteiger partial charge in [-0.25, -0.2) is 0 Å². The van der Waals surface area contributed by atoms with Crippen LogP contribution in [-0.4, -0.2) is 18.0 Å². The van der Waals surface area contributed by atoms with Crippen molar-refractivity contribution in [2.24, 2.45) is 5.41 Å². The van der Waals surface area contributed by atoms with Crippen LogP contribution in [0.5, 0.6) is 0 Å². The van der Waals surface area contributed by atoms with E-state index < -0.39 is 0 Å². The van der Waals surface area contributed by atoms with E-state index in [2.05, 4.69) is 44.3 Å². The highest BCUT2D eigenvalue weighted by Crippen LogP contribution is 2.34. The first-order valence-electron chi connectivity index (χ1n) is 3.81. The van der Waals surface area contributed by atoms with Crippen LogP contribution in [0.2, 0.25) is 0 Å². The van der Waals surface area contributed by atoms with Crippen LogP contribution >= 0.6 is 0 Å². The molecule has 1 rings (SSSR count). The van der Waals surface area contributed by atoms with Gasteiger partial charge in [0.15, 0.2) is 0 Å². The lowest BCUT2D eigenvalue weighted by molar-refractivity contribution is 0.313. The zero-order chi connectivity index (χ0) is 8.48. The van der Waals surface area contributed by atoms with E-state index in [0.29, 0.717) is 6.04 Å². The minimum absolute atomic E-state index is 0.0660. The Morgan fingerprint density at radius 3 is 2.55 bits per heavy atom. The molecule has 0 N–H and O–H groups in total. The molecule has 0 spiro atoms. The molecule has 0 aromatic rings. The topological polar surface area (TPSA) is 3.24 Å². The van der Waals surface area contributed by atoms with Gasteiger partial charge < -0.3 is 4.90 Å². The second kappa shape index (κ2) is 2.57. The SMILES string of the molecule is C=CC1N(C)C=CC1(C)C=C. The first-order chi connectivity index (χ1) is 5.14. The van der Waals surface area contributed by atoms with Crippen molar-refractivity contribution in [2.45, 2.75) is 13.0 Å². The minimum Gasteiger partial charge on any atom is -0.373 e. The summed E-state index contributed by atoms with van der Waals surface area (Å²) >= 11 is 0. The van der Waals surface area contributed by atoms with Crippen molar-refractivity contribution in [3.63, 3.8) is 0 Å². The molecule has 0 saturated heterocycles. The van der Waals surface area contributed by atoms with E-state index in [0.717, 1.165) is 0 Å². The Morgan fingerprint density at radius 2 is 2.18 bits per heavy atom. The molecule has 0 radical (unpaired) electrons. The largest absolute Gasteiger partial charge is 0.373 e. The molecule has 11 heavy (non-hydrogen) atoms. The van der Waals surface area contributed by atoms with Crippen molar-refractivity contribution in [1.29, 1.82) is 0 Å². The minimum atomic E-state index is 0.0660. The molecule has 2 unspecified atom stereocenters. The highest BCUT2D eigenvalue weighted by atomic mass is 15.1. The van der Waals surface area contributed by atoms with Crippen molar-refractivity contribution < 1.29 is 0 Å². The van der Waals surface area contributed by atoms with Crippen molar-refractivity contribution in [1.82, 2.24) is 4.90 Å². The van der Waals surface area contributed by atoms with Gasteiger partial charge in [-0.2, -0.15) is 0 Å². The molecule has 1 aliphatic heterocycles. The molecular formula is C10H15N. The highest BCUT2D eigenvalue weighted by Gasteiger charge is 2.32. The van der Waals surface area contributed by atoms with Crippen LogP contribution in [0.25, 0.3) is 0 Å². The molecule has 0 aromatic heterocycles. The van der Waals surface area contributed by atoms with E-state index in [-0.39, 0.29) is 5.41 Å². The fourth-order valence-electron chi connectivity index (χ4n) is 1.52. The zero-order valence-electron chi connectivity index (χ0n) is 7.25. The molecule has 0 aromatic carbocycles. The summed E-state index contributed by atoms with van der Waals surface area (Å²) in [5.41, 5.74) is 0.0660. The summed E-state index contributed by atoms with van der Waals surface area (Å²) in [5.74, 6) is 0. The summed E-state index contributed by atoms with van der Waals surface area (Å²) < 4.78 is 0. The lowest BCUT2D eigenvalue weighted by Gasteiger charge is -2.29. The quantitative estimate of drug-likeness (QED) is 0.544. The van der Waals surface area contributed by atoms with E-state index in [4.69, 9.17) is 0 Å². The van der Waals surface area contributed by atoms with Crippen LogP contribution in [-0.2, 0) is 0 Å². The number of rotatable bonds is 2. The molecular weight excluding hydrogens is 134 g/mol. The molecule has 0 saturated carbocycles. The summed E-state index contributed by atoms with van der Waals surface area (Å²) in [6.07, 6.45) is 8.17. The summed E-state index contributed by atoms with van der Waals surface area (Å²) in [4.78, 5) is 2.15. The second-order valence-electron chi connectivity index (χ2n) is 3.23. The second-order valence-corrected chi connectivity index (χ2v) is 3.23. The molecule has 0 aliphatic carbocycles. The van der Waals surface area contributed by atoms with Gasteiger partial charge in [-0.1, -0.05) is 25.2 Å². The number of hydrogen-bond donors (Lipinski definition) is 0. The van der Waals surface area contributed by atoms with E-state index in [1.54, 1.807) is 0 Å². The Balaban J connectivity index is 2.91. The molecule has 0 bridgehead atoms. The fraction of sp³-hybridized carbons (Fsp3) is 0.400. The third kappa shape index (κ3) is 1.11. The Labute approximate surface area is 68.7 Å². The molecule has 0 fully saturated rings. The predicted molar refractivity (Wildman–Crippen MR) is 49.2 cm³/mol. The monoisotopic (exact) mass is 149 g/mol. The van der Waals surface area contributed by atoms with Crippen molar-refractivity contribution in [3.8, 4) is 0 Å². The number of likely N-dealkylation sites (N-methyl/N-ethyl adjacent to an activating group) is 1. The lowest BCUT2D eigenvalue weighted by Crippen LogP contribution is -2.32. The van der Waals surface area contributed by atoms with Gasteiger partial charge in [-0.05, 0) is 6.20 Å². The summed E-state index contributed by atoms with van der Waals surface area (Å²) in [5, 5.41) is 0. The van der Waals surface area contributed by atoms with Crippen LogP contribution in [0, 0.1) is 5.41 Å². The first kappa shape index (κ1) is 8.12. The van der Waals surface area contributed by atoms with Crippen LogP contribution in [0.15, 0.2) is 37.6 Å². The highest BCUT2D eigenvalue weighted by molar-refractivity contribution is 5.22. The van der Waals surface area contributed by atoms with E-state index in [1.807, 2.05) is 12.2 Å². The molecule has 1 heterocycles. The summed E-state index contributed by atoms with van der Waals surface area (Å²) in [6.45, 7) is 9.79. The van der Waals surface area contributed by atoms with Gasteiger partial charge in [-0.15, -0.1) is 13.2 Å². The van der Waals surface area contributed by atoms with Gasteiger partial charge in [0.1, 0.15) is 0 Å². The predicted octanol–water partition coefficient (Wildman–Crippen LogP) is 2.19. The van der Waals surface area contributed by atoms with Crippen LogP contribution in [0.4, 0.5) is 0 Å². The van der Waals surface area contributed by atoms with Gasteiger partial charge >= 0.3 is 0 Å². The Hall–Kier alpha value is -0.980. The Bertz CT molecular complexity index is 205. The van der Waals surface area contributed by atoms with Crippen molar-refractivity contribution in [3.05, 3.63) is 37.6 Å². The van der Waals surface area contributed by atoms with E-state index in [9.17, 15) is 0 Å². The molecule has 2 atom stereocenters. The summed E-state index contributed by atoms with van der Waals surface area (Å²) in [6, 6.07) is 0.361. The first-order valence-corrected chi connectivity index (χ1v) is 3.81. The Kier molecular flexibility index (Phi) is 1.90. The van der Waals surface area contributed by atoms with Crippen LogP contribution < -0.4 is 0 Å². The average Bonchev–Trinajstić information content (AvgIpc) is 2.29. The maximum absolute atomic E-state index is 3.82. The number of nitrogens with zero attached hydrogens (tertiary/aromatic N) is 1. The van der Waals surface area contributed by atoms with Gasteiger partial charge in [0.25, 0.3) is 0 Å².